The van der Waals surface area contributed by atoms with Gasteiger partial charge in [0.05, 0.1) is 18.4 Å². The van der Waals surface area contributed by atoms with Gasteiger partial charge in [-0.2, -0.15) is 0 Å². The number of carbonyl (C=O) groups excluding carboxylic acids is 2. The van der Waals surface area contributed by atoms with Crippen molar-refractivity contribution in [3.8, 4) is 0 Å². The molecule has 0 aliphatic heterocycles. The summed E-state index contributed by atoms with van der Waals surface area (Å²) >= 11 is 0. The second-order valence-electron chi connectivity index (χ2n) is 5.66. The lowest BCUT2D eigenvalue weighted by Gasteiger charge is -2.11. The Morgan fingerprint density at radius 3 is 2.42 bits per heavy atom. The van der Waals surface area contributed by atoms with Crippen LogP contribution in [0.1, 0.15) is 33.2 Å². The van der Waals surface area contributed by atoms with Gasteiger partial charge in [0, 0.05) is 16.9 Å². The first-order valence-corrected chi connectivity index (χ1v) is 9.75. The average molecular weight is 376 g/mol. The van der Waals surface area contributed by atoms with Gasteiger partial charge in [0.1, 0.15) is 0 Å². The zero-order valence-corrected chi connectivity index (χ0v) is 15.5. The predicted molar refractivity (Wildman–Crippen MR) is 100.0 cm³/mol. The van der Waals surface area contributed by atoms with Gasteiger partial charge in [-0.3, -0.25) is 9.52 Å². The van der Waals surface area contributed by atoms with Gasteiger partial charge < -0.3 is 10.1 Å². The van der Waals surface area contributed by atoms with Crippen molar-refractivity contribution in [2.24, 2.45) is 0 Å². The molecule has 8 heteroatoms. The number of hydrogen-bond acceptors (Lipinski definition) is 5. The Bertz CT molecular complexity index is 938. The predicted octanol–water partition coefficient (Wildman–Crippen LogP) is 2.80. The molecule has 0 spiro atoms. The molecule has 2 N–H and O–H groups in total. The summed E-state index contributed by atoms with van der Waals surface area (Å²) in [6.45, 7) is 3.78. The van der Waals surface area contributed by atoms with Gasteiger partial charge in [0.25, 0.3) is 5.91 Å². The van der Waals surface area contributed by atoms with E-state index in [1.54, 1.807) is 50.2 Å². The zero-order valence-electron chi connectivity index (χ0n) is 14.7. The van der Waals surface area contributed by atoms with Crippen LogP contribution < -0.4 is 10.0 Å². The first-order valence-electron chi connectivity index (χ1n) is 7.86. The summed E-state index contributed by atoms with van der Waals surface area (Å²) in [7, 11) is -3.43. The summed E-state index contributed by atoms with van der Waals surface area (Å²) < 4.78 is 29.9. The van der Waals surface area contributed by atoms with Crippen molar-refractivity contribution < 1.29 is 22.7 Å². The first-order chi connectivity index (χ1) is 12.2. The normalized spacial score (nSPS) is 10.9. The summed E-state index contributed by atoms with van der Waals surface area (Å²) in [5.74, 6) is -0.817. The van der Waals surface area contributed by atoms with E-state index in [2.05, 4.69) is 10.0 Å². The van der Waals surface area contributed by atoms with Crippen molar-refractivity contribution in [1.82, 2.24) is 0 Å². The van der Waals surface area contributed by atoms with E-state index in [-0.39, 0.29) is 6.61 Å². The molecule has 2 aromatic carbocycles. The maximum Gasteiger partial charge on any atom is 0.338 e. The van der Waals surface area contributed by atoms with Crippen LogP contribution in [-0.4, -0.2) is 33.2 Å². The highest BCUT2D eigenvalue weighted by molar-refractivity contribution is 7.92. The fraction of sp³-hybridized carbons (Fsp3) is 0.222. The van der Waals surface area contributed by atoms with E-state index in [1.165, 1.54) is 6.07 Å². The molecule has 2 aromatic rings. The molecule has 0 radical (unpaired) electrons. The van der Waals surface area contributed by atoms with Crippen LogP contribution in [0.5, 0.6) is 0 Å². The number of benzene rings is 2. The lowest BCUT2D eigenvalue weighted by atomic mass is 10.1. The highest BCUT2D eigenvalue weighted by atomic mass is 32.2. The Hall–Kier alpha value is -2.87. The minimum absolute atomic E-state index is 0.286. The molecule has 26 heavy (non-hydrogen) atoms. The highest BCUT2D eigenvalue weighted by Crippen LogP contribution is 2.19. The van der Waals surface area contributed by atoms with Crippen LogP contribution in [0.25, 0.3) is 0 Å². The minimum Gasteiger partial charge on any atom is -0.462 e. The first kappa shape index (κ1) is 19.5. The number of ether oxygens (including phenoxy) is 1. The Morgan fingerprint density at radius 2 is 1.81 bits per heavy atom. The molecule has 1 amide bonds. The van der Waals surface area contributed by atoms with Gasteiger partial charge in [-0.25, -0.2) is 13.2 Å². The van der Waals surface area contributed by atoms with Gasteiger partial charge >= 0.3 is 5.97 Å². The number of aryl methyl sites for hydroxylation is 1. The monoisotopic (exact) mass is 376 g/mol. The number of hydrogen-bond donors (Lipinski definition) is 2. The van der Waals surface area contributed by atoms with Crippen LogP contribution in [0.3, 0.4) is 0 Å². The maximum absolute atomic E-state index is 12.4. The molecule has 0 aliphatic rings. The number of esters is 1. The number of nitrogens with one attached hydrogen (secondary N) is 2. The van der Waals surface area contributed by atoms with Crippen LogP contribution in [0.15, 0.2) is 42.5 Å². The summed E-state index contributed by atoms with van der Waals surface area (Å²) in [5.41, 5.74) is 2.25. The highest BCUT2D eigenvalue weighted by Gasteiger charge is 2.12. The van der Waals surface area contributed by atoms with E-state index >= 15 is 0 Å². The molecular weight excluding hydrogens is 356 g/mol. The second kappa shape index (κ2) is 8.01. The molecule has 0 atom stereocenters. The Morgan fingerprint density at radius 1 is 1.08 bits per heavy atom. The Labute approximate surface area is 152 Å². The smallest absolute Gasteiger partial charge is 0.338 e. The average Bonchev–Trinajstić information content (AvgIpc) is 2.55. The standard InChI is InChI=1S/C18H20N2O5S/c1-4-25-18(22)14-8-9-16(12(2)10-14)19-17(21)13-6-5-7-15(11-13)20-26(3,23)24/h5-11,20H,4H2,1-3H3,(H,19,21). The second-order valence-corrected chi connectivity index (χ2v) is 7.41. The van der Waals surface area contributed by atoms with Crippen molar-refractivity contribution in [2.45, 2.75) is 13.8 Å². The van der Waals surface area contributed by atoms with Gasteiger partial charge in [-0.15, -0.1) is 0 Å². The van der Waals surface area contributed by atoms with Crippen molar-refractivity contribution >= 4 is 33.3 Å². The van der Waals surface area contributed by atoms with E-state index in [4.69, 9.17) is 4.74 Å². The lowest BCUT2D eigenvalue weighted by Crippen LogP contribution is -2.15. The van der Waals surface area contributed by atoms with Crippen LogP contribution in [-0.2, 0) is 14.8 Å². The Kier molecular flexibility index (Phi) is 5.99. The quantitative estimate of drug-likeness (QED) is 0.755. The van der Waals surface area contributed by atoms with Gasteiger partial charge in [-0.05, 0) is 55.8 Å². The van der Waals surface area contributed by atoms with Crippen LogP contribution in [0.2, 0.25) is 0 Å². The van der Waals surface area contributed by atoms with Crippen molar-refractivity contribution in [2.75, 3.05) is 22.9 Å². The van der Waals surface area contributed by atoms with Crippen molar-refractivity contribution in [3.05, 3.63) is 59.2 Å². The third-order valence-electron chi connectivity index (χ3n) is 3.41. The number of amides is 1. The van der Waals surface area contributed by atoms with E-state index in [9.17, 15) is 18.0 Å². The molecule has 0 heterocycles. The molecular formula is C18H20N2O5S. The van der Waals surface area contributed by atoms with Gasteiger partial charge in [0.15, 0.2) is 0 Å². The van der Waals surface area contributed by atoms with Crippen molar-refractivity contribution in [3.63, 3.8) is 0 Å². The maximum atomic E-state index is 12.4. The zero-order chi connectivity index (χ0) is 19.3. The molecule has 0 saturated carbocycles. The molecule has 138 valence electrons. The van der Waals surface area contributed by atoms with E-state index in [1.807, 2.05) is 0 Å². The molecule has 0 aromatic heterocycles. The van der Waals surface area contributed by atoms with Crippen LogP contribution in [0, 0.1) is 6.92 Å². The van der Waals surface area contributed by atoms with Crippen LogP contribution >= 0.6 is 0 Å². The molecule has 7 nitrogen and oxygen atoms in total. The van der Waals surface area contributed by atoms with E-state index < -0.39 is 21.9 Å². The topological polar surface area (TPSA) is 102 Å². The number of anilines is 2. The molecule has 0 aliphatic carbocycles. The molecule has 0 unspecified atom stereocenters. The Balaban J connectivity index is 2.17. The summed E-state index contributed by atoms with van der Waals surface area (Å²) in [6, 6.07) is 11.0. The molecule has 0 fully saturated rings. The van der Waals surface area contributed by atoms with E-state index in [0.717, 1.165) is 6.26 Å². The third-order valence-corrected chi connectivity index (χ3v) is 4.02. The summed E-state index contributed by atoms with van der Waals surface area (Å²) in [4.78, 5) is 24.2. The lowest BCUT2D eigenvalue weighted by molar-refractivity contribution is 0.0526. The molecule has 0 saturated heterocycles. The van der Waals surface area contributed by atoms with E-state index in [0.29, 0.717) is 28.1 Å². The molecule has 2 rings (SSSR count). The van der Waals surface area contributed by atoms with Crippen LogP contribution in [0.4, 0.5) is 11.4 Å². The van der Waals surface area contributed by atoms with Gasteiger partial charge in [0.2, 0.25) is 10.0 Å². The molecule has 0 bridgehead atoms. The number of rotatable bonds is 6. The minimum atomic E-state index is -3.43. The number of sulfonamides is 1. The fourth-order valence-electron chi connectivity index (χ4n) is 2.28. The summed E-state index contributed by atoms with van der Waals surface area (Å²) in [5, 5.41) is 2.75. The number of carbonyl (C=O) groups is 2. The van der Waals surface area contributed by atoms with Crippen molar-refractivity contribution in [1.29, 1.82) is 0 Å². The van der Waals surface area contributed by atoms with Gasteiger partial charge in [-0.1, -0.05) is 6.07 Å². The largest absolute Gasteiger partial charge is 0.462 e. The third kappa shape index (κ3) is 5.32. The summed E-state index contributed by atoms with van der Waals surface area (Å²) in [6.07, 6.45) is 1.04. The SMILES string of the molecule is CCOC(=O)c1ccc(NC(=O)c2cccc(NS(C)(=O)=O)c2)c(C)c1. The fourth-order valence-corrected chi connectivity index (χ4v) is 2.83.